The number of nitrogens with zero attached hydrogens (tertiary/aromatic N) is 1. The van der Waals surface area contributed by atoms with Gasteiger partial charge in [-0.05, 0) is 38.1 Å². The molecule has 1 aromatic rings. The van der Waals surface area contributed by atoms with Gasteiger partial charge in [0, 0.05) is 17.8 Å². The lowest BCUT2D eigenvalue weighted by atomic mass is 10.1. The minimum atomic E-state index is -0.918. The predicted octanol–water partition coefficient (Wildman–Crippen LogP) is 1.54. The van der Waals surface area contributed by atoms with Crippen LogP contribution in [0.25, 0.3) is 0 Å². The summed E-state index contributed by atoms with van der Waals surface area (Å²) < 4.78 is 0. The van der Waals surface area contributed by atoms with Gasteiger partial charge in [-0.2, -0.15) is 0 Å². The van der Waals surface area contributed by atoms with Gasteiger partial charge in [0.2, 0.25) is 11.8 Å². The van der Waals surface area contributed by atoms with E-state index in [0.29, 0.717) is 0 Å². The average molecular weight is 310 g/mol. The van der Waals surface area contributed by atoms with Crippen molar-refractivity contribution >= 4 is 23.2 Å². The maximum atomic E-state index is 12.6. The molecule has 2 amide bonds. The molecule has 21 heavy (non-hydrogen) atoms. The van der Waals surface area contributed by atoms with Crippen LogP contribution in [0.15, 0.2) is 17.5 Å². The number of aliphatic hydroxyl groups is 1. The van der Waals surface area contributed by atoms with Gasteiger partial charge in [-0.1, -0.05) is 6.07 Å². The monoisotopic (exact) mass is 310 g/mol. The largest absolute Gasteiger partial charge is 0.391 e. The highest BCUT2D eigenvalue weighted by Crippen LogP contribution is 2.29. The first kappa shape index (κ1) is 16.0. The van der Waals surface area contributed by atoms with Gasteiger partial charge in [0.15, 0.2) is 0 Å². The molecule has 0 saturated heterocycles. The standard InChI is InChI=1S/C15H22N2O3S/c1-9(12-5-4-8-21-12)17(3)15(20)13(10(2)18)16-14(19)11-6-7-11/h4-5,8-11,13,18H,6-7H2,1-3H3,(H,16,19). The van der Waals surface area contributed by atoms with Gasteiger partial charge >= 0.3 is 0 Å². The van der Waals surface area contributed by atoms with Crippen molar-refractivity contribution in [2.24, 2.45) is 5.92 Å². The lowest BCUT2D eigenvalue weighted by molar-refractivity contribution is -0.140. The molecule has 6 heteroatoms. The fourth-order valence-electron chi connectivity index (χ4n) is 2.14. The van der Waals surface area contributed by atoms with Gasteiger partial charge < -0.3 is 15.3 Å². The van der Waals surface area contributed by atoms with Crippen LogP contribution < -0.4 is 5.32 Å². The Hall–Kier alpha value is -1.40. The number of amides is 2. The van der Waals surface area contributed by atoms with Crippen LogP contribution in [0.3, 0.4) is 0 Å². The van der Waals surface area contributed by atoms with Crippen LogP contribution in [-0.2, 0) is 9.59 Å². The molecule has 1 aliphatic rings. The first-order valence-electron chi connectivity index (χ1n) is 7.20. The minimum Gasteiger partial charge on any atom is -0.391 e. The fourth-order valence-corrected chi connectivity index (χ4v) is 2.96. The molecular weight excluding hydrogens is 288 g/mol. The van der Waals surface area contributed by atoms with Crippen molar-refractivity contribution in [1.82, 2.24) is 10.2 Å². The molecule has 1 fully saturated rings. The van der Waals surface area contributed by atoms with Crippen LogP contribution in [0.2, 0.25) is 0 Å². The Bertz CT molecular complexity index is 497. The van der Waals surface area contributed by atoms with Crippen LogP contribution in [0.1, 0.15) is 37.6 Å². The van der Waals surface area contributed by atoms with Crippen LogP contribution in [0, 0.1) is 5.92 Å². The van der Waals surface area contributed by atoms with Crippen LogP contribution in [0.5, 0.6) is 0 Å². The maximum absolute atomic E-state index is 12.6. The molecule has 0 aliphatic heterocycles. The smallest absolute Gasteiger partial charge is 0.248 e. The van der Waals surface area contributed by atoms with Crippen molar-refractivity contribution in [2.45, 2.75) is 44.9 Å². The number of hydrogen-bond acceptors (Lipinski definition) is 4. The van der Waals surface area contributed by atoms with E-state index in [9.17, 15) is 14.7 Å². The Morgan fingerprint density at radius 1 is 1.43 bits per heavy atom. The number of hydrogen-bond donors (Lipinski definition) is 2. The quantitative estimate of drug-likeness (QED) is 0.837. The summed E-state index contributed by atoms with van der Waals surface area (Å²) in [6.45, 7) is 3.46. The van der Waals surface area contributed by atoms with Gasteiger partial charge in [-0.25, -0.2) is 0 Å². The highest BCUT2D eigenvalue weighted by atomic mass is 32.1. The number of likely N-dealkylation sites (N-methyl/N-ethyl adjacent to an activating group) is 1. The van der Waals surface area contributed by atoms with Crippen LogP contribution in [0.4, 0.5) is 0 Å². The summed E-state index contributed by atoms with van der Waals surface area (Å²) in [6, 6.07) is 2.94. The molecule has 5 nitrogen and oxygen atoms in total. The molecule has 0 spiro atoms. The zero-order chi connectivity index (χ0) is 15.6. The Morgan fingerprint density at radius 2 is 2.10 bits per heavy atom. The molecule has 3 atom stereocenters. The van der Waals surface area contributed by atoms with E-state index in [1.165, 1.54) is 6.92 Å². The summed E-state index contributed by atoms with van der Waals surface area (Å²) in [5.74, 6) is -0.384. The number of rotatable bonds is 6. The van der Waals surface area contributed by atoms with Crippen LogP contribution >= 0.6 is 11.3 Å². The zero-order valence-corrected chi connectivity index (χ0v) is 13.4. The summed E-state index contributed by atoms with van der Waals surface area (Å²) in [4.78, 5) is 27.1. The third-order valence-corrected chi connectivity index (χ3v) is 4.92. The Labute approximate surface area is 129 Å². The van der Waals surface area contributed by atoms with Gasteiger partial charge in [-0.3, -0.25) is 9.59 Å². The van der Waals surface area contributed by atoms with Crippen molar-refractivity contribution in [3.05, 3.63) is 22.4 Å². The van der Waals surface area contributed by atoms with E-state index < -0.39 is 12.1 Å². The molecule has 0 aromatic carbocycles. The molecule has 116 valence electrons. The first-order chi connectivity index (χ1) is 9.91. The van der Waals surface area contributed by atoms with Crippen LogP contribution in [-0.4, -0.2) is 41.0 Å². The highest BCUT2D eigenvalue weighted by molar-refractivity contribution is 7.10. The third-order valence-electron chi connectivity index (χ3n) is 3.88. The Balaban J connectivity index is 2.04. The number of aliphatic hydroxyl groups excluding tert-OH is 1. The normalized spacial score (nSPS) is 18.7. The molecule has 1 aromatic heterocycles. The Kier molecular flexibility index (Phi) is 5.00. The molecule has 3 unspecified atom stereocenters. The summed E-state index contributed by atoms with van der Waals surface area (Å²) in [7, 11) is 1.70. The van der Waals surface area contributed by atoms with Crippen molar-refractivity contribution in [3.63, 3.8) is 0 Å². The molecule has 1 saturated carbocycles. The third kappa shape index (κ3) is 3.83. The first-order valence-corrected chi connectivity index (χ1v) is 8.08. The van der Waals surface area contributed by atoms with Crippen molar-refractivity contribution < 1.29 is 14.7 Å². The molecule has 0 bridgehead atoms. The predicted molar refractivity (Wildman–Crippen MR) is 81.8 cm³/mol. The lowest BCUT2D eigenvalue weighted by Crippen LogP contribution is -2.53. The van der Waals surface area contributed by atoms with E-state index in [4.69, 9.17) is 0 Å². The summed E-state index contributed by atoms with van der Waals surface area (Å²) in [5, 5.41) is 14.5. The lowest BCUT2D eigenvalue weighted by Gasteiger charge is -2.30. The number of nitrogens with one attached hydrogen (secondary N) is 1. The average Bonchev–Trinajstić information content (AvgIpc) is 3.17. The van der Waals surface area contributed by atoms with E-state index in [2.05, 4.69) is 5.32 Å². The molecule has 2 N–H and O–H groups in total. The SMILES string of the molecule is CC(O)C(NC(=O)C1CC1)C(=O)N(C)C(C)c1cccs1. The molecule has 1 heterocycles. The number of carbonyl (C=O) groups is 2. The second-order valence-electron chi connectivity index (χ2n) is 5.64. The number of carbonyl (C=O) groups excluding carboxylic acids is 2. The van der Waals surface area contributed by atoms with Gasteiger partial charge in [0.05, 0.1) is 12.1 Å². The number of thiophene rings is 1. The second kappa shape index (κ2) is 6.58. The fraction of sp³-hybridized carbons (Fsp3) is 0.600. The molecule has 1 aliphatic carbocycles. The summed E-state index contributed by atoms with van der Waals surface area (Å²) in [6.07, 6.45) is 0.820. The zero-order valence-electron chi connectivity index (χ0n) is 12.6. The highest BCUT2D eigenvalue weighted by Gasteiger charge is 2.36. The Morgan fingerprint density at radius 3 is 2.57 bits per heavy atom. The van der Waals surface area contributed by atoms with Crippen molar-refractivity contribution in [1.29, 1.82) is 0 Å². The van der Waals surface area contributed by atoms with Crippen molar-refractivity contribution in [3.8, 4) is 0 Å². The van der Waals surface area contributed by atoms with E-state index in [1.807, 2.05) is 24.4 Å². The summed E-state index contributed by atoms with van der Waals surface area (Å²) in [5.41, 5.74) is 0. The van der Waals surface area contributed by atoms with Gasteiger partial charge in [0.25, 0.3) is 0 Å². The molecule has 0 radical (unpaired) electrons. The van der Waals surface area contributed by atoms with E-state index in [-0.39, 0.29) is 23.8 Å². The molecular formula is C15H22N2O3S. The summed E-state index contributed by atoms with van der Waals surface area (Å²) >= 11 is 1.58. The van der Waals surface area contributed by atoms with Gasteiger partial charge in [-0.15, -0.1) is 11.3 Å². The maximum Gasteiger partial charge on any atom is 0.248 e. The molecule has 2 rings (SSSR count). The van der Waals surface area contributed by atoms with E-state index >= 15 is 0 Å². The van der Waals surface area contributed by atoms with E-state index in [0.717, 1.165) is 17.7 Å². The topological polar surface area (TPSA) is 69.6 Å². The second-order valence-corrected chi connectivity index (χ2v) is 6.62. The van der Waals surface area contributed by atoms with Gasteiger partial charge in [0.1, 0.15) is 6.04 Å². The minimum absolute atomic E-state index is 0.0130. The van der Waals surface area contributed by atoms with Crippen molar-refractivity contribution in [2.75, 3.05) is 7.05 Å². The van der Waals surface area contributed by atoms with E-state index in [1.54, 1.807) is 23.3 Å².